The van der Waals surface area contributed by atoms with E-state index in [1.165, 1.54) is 25.6 Å². The van der Waals surface area contributed by atoms with Crippen molar-refractivity contribution >= 4 is 34.9 Å². The number of oxazole rings is 1. The van der Waals surface area contributed by atoms with Crippen LogP contribution >= 0.6 is 0 Å². The lowest BCUT2D eigenvalue weighted by Gasteiger charge is -2.14. The van der Waals surface area contributed by atoms with Crippen LogP contribution in [-0.4, -0.2) is 52.2 Å². The van der Waals surface area contributed by atoms with Crippen molar-refractivity contribution in [1.29, 1.82) is 0 Å². The van der Waals surface area contributed by atoms with Crippen molar-refractivity contribution in [2.24, 2.45) is 5.73 Å². The maximum atomic E-state index is 12.8. The van der Waals surface area contributed by atoms with Gasteiger partial charge in [0.1, 0.15) is 17.4 Å². The van der Waals surface area contributed by atoms with E-state index in [2.05, 4.69) is 20.6 Å². The predicted molar refractivity (Wildman–Crippen MR) is 125 cm³/mol. The Hall–Kier alpha value is -4.09. The van der Waals surface area contributed by atoms with Gasteiger partial charge in [0.15, 0.2) is 6.39 Å². The van der Waals surface area contributed by atoms with E-state index in [1.807, 2.05) is 0 Å². The third-order valence-corrected chi connectivity index (χ3v) is 5.89. The molecular formula is C23H28N6O6. The largest absolute Gasteiger partial charge is 0.494 e. The third kappa shape index (κ3) is 5.36. The second-order valence-corrected chi connectivity index (χ2v) is 8.31. The molecular weight excluding hydrogens is 456 g/mol. The van der Waals surface area contributed by atoms with Crippen LogP contribution in [0, 0.1) is 6.92 Å². The first-order chi connectivity index (χ1) is 16.9. The first-order valence-corrected chi connectivity index (χ1v) is 11.4. The predicted octanol–water partition coefficient (Wildman–Crippen LogP) is 2.75. The zero-order valence-corrected chi connectivity index (χ0v) is 19.6. The highest BCUT2D eigenvalue weighted by molar-refractivity contribution is 6.04. The number of primary amides is 1. The monoisotopic (exact) mass is 484 g/mol. The zero-order valence-electron chi connectivity index (χ0n) is 19.6. The third-order valence-electron chi connectivity index (χ3n) is 5.89. The number of benzene rings is 1. The van der Waals surface area contributed by atoms with Crippen molar-refractivity contribution in [3.63, 3.8) is 0 Å². The first-order valence-electron chi connectivity index (χ1n) is 11.4. The molecule has 2 heterocycles. The lowest BCUT2D eigenvalue weighted by atomic mass is 10.1. The summed E-state index contributed by atoms with van der Waals surface area (Å²) in [5, 5.41) is 5.50. The lowest BCUT2D eigenvalue weighted by molar-refractivity contribution is 0.0989. The number of amides is 3. The molecule has 12 heteroatoms. The van der Waals surface area contributed by atoms with Gasteiger partial charge in [0.2, 0.25) is 17.6 Å². The minimum Gasteiger partial charge on any atom is -0.494 e. The number of fused-ring (bicyclic) bond motifs is 1. The van der Waals surface area contributed by atoms with Gasteiger partial charge >= 0.3 is 6.09 Å². The van der Waals surface area contributed by atoms with Gasteiger partial charge in [-0.2, -0.15) is 0 Å². The van der Waals surface area contributed by atoms with Gasteiger partial charge in [-0.1, -0.05) is 0 Å². The topological polar surface area (TPSA) is 164 Å². The molecule has 3 amide bonds. The number of carbonyl (C=O) groups excluding carboxylic acids is 3. The van der Waals surface area contributed by atoms with Crippen molar-refractivity contribution in [2.75, 3.05) is 19.0 Å². The van der Waals surface area contributed by atoms with E-state index in [0.29, 0.717) is 42.0 Å². The Labute approximate surface area is 201 Å². The van der Waals surface area contributed by atoms with Gasteiger partial charge in [-0.25, -0.2) is 14.8 Å². The molecule has 4 rings (SSSR count). The fourth-order valence-electron chi connectivity index (χ4n) is 4.15. The number of hydrogen-bond donors (Lipinski definition) is 3. The molecule has 1 aliphatic rings. The van der Waals surface area contributed by atoms with E-state index in [1.54, 1.807) is 11.5 Å². The molecule has 0 bridgehead atoms. The van der Waals surface area contributed by atoms with E-state index >= 15 is 0 Å². The number of nitrogens with two attached hydrogens (primary N) is 1. The molecule has 0 aliphatic heterocycles. The number of methoxy groups -OCH3 is 1. The van der Waals surface area contributed by atoms with Crippen LogP contribution in [0.5, 0.6) is 5.75 Å². The lowest BCUT2D eigenvalue weighted by Crippen LogP contribution is -2.29. The summed E-state index contributed by atoms with van der Waals surface area (Å²) in [7, 11) is 1.47. The van der Waals surface area contributed by atoms with Crippen molar-refractivity contribution in [2.45, 2.75) is 51.7 Å². The van der Waals surface area contributed by atoms with Gasteiger partial charge in [0.05, 0.1) is 18.3 Å². The van der Waals surface area contributed by atoms with Gasteiger partial charge in [-0.3, -0.25) is 14.9 Å². The Kier molecular flexibility index (Phi) is 7.18. The van der Waals surface area contributed by atoms with Crippen LogP contribution in [0.2, 0.25) is 0 Å². The summed E-state index contributed by atoms with van der Waals surface area (Å²) in [5.41, 5.74) is 7.08. The van der Waals surface area contributed by atoms with Crippen LogP contribution < -0.4 is 21.1 Å². The second-order valence-electron chi connectivity index (χ2n) is 8.31. The minimum atomic E-state index is -0.632. The fraction of sp³-hybridized carbons (Fsp3) is 0.435. The van der Waals surface area contributed by atoms with Crippen LogP contribution in [0.1, 0.15) is 58.7 Å². The molecule has 0 unspecified atom stereocenters. The number of rotatable bonds is 9. The summed E-state index contributed by atoms with van der Waals surface area (Å²) in [6.07, 6.45) is 5.19. The molecule has 3 aromatic rings. The van der Waals surface area contributed by atoms with E-state index in [0.717, 1.165) is 25.7 Å². The molecule has 0 saturated heterocycles. The number of aromatic nitrogens is 3. The number of aryl methyl sites for hydroxylation is 2. The molecule has 35 heavy (non-hydrogen) atoms. The van der Waals surface area contributed by atoms with Crippen LogP contribution in [0.25, 0.3) is 11.0 Å². The number of anilines is 1. The summed E-state index contributed by atoms with van der Waals surface area (Å²) >= 11 is 0. The van der Waals surface area contributed by atoms with Gasteiger partial charge < -0.3 is 29.5 Å². The normalized spacial score (nSPS) is 13.7. The molecule has 1 saturated carbocycles. The fourth-order valence-corrected chi connectivity index (χ4v) is 4.15. The number of carbonyl (C=O) groups is 3. The van der Waals surface area contributed by atoms with Gasteiger partial charge in [-0.15, -0.1) is 0 Å². The van der Waals surface area contributed by atoms with Crippen LogP contribution in [0.15, 0.2) is 22.9 Å². The highest BCUT2D eigenvalue weighted by Crippen LogP contribution is 2.31. The van der Waals surface area contributed by atoms with Crippen LogP contribution in [0.3, 0.4) is 0 Å². The van der Waals surface area contributed by atoms with Gasteiger partial charge in [0, 0.05) is 18.7 Å². The molecule has 1 aromatic carbocycles. The number of alkyl carbamates (subject to hydrolysis) is 1. The Bertz CT molecular complexity index is 1240. The summed E-state index contributed by atoms with van der Waals surface area (Å²) in [5.74, 6) is -0.510. The van der Waals surface area contributed by atoms with E-state index in [4.69, 9.17) is 19.6 Å². The standard InChI is InChI=1S/C23H28N6O6/c1-13-19(34-12-26-13)21(31)28-22-27-16-10-14(20(24)30)11-17(33-2)18(16)29(22)9-5-8-25-23(32)35-15-6-3-4-7-15/h10-12,15H,3-9H2,1-2H3,(H2,24,30)(H,25,32)(H,27,28,31). The second kappa shape index (κ2) is 10.5. The SMILES string of the molecule is COc1cc(C(N)=O)cc2nc(NC(=O)c3ocnc3C)n(CCCNC(=O)OC3CCCC3)c12. The summed E-state index contributed by atoms with van der Waals surface area (Å²) in [4.78, 5) is 45.0. The summed E-state index contributed by atoms with van der Waals surface area (Å²) < 4.78 is 17.8. The molecule has 1 fully saturated rings. The number of nitrogens with one attached hydrogen (secondary N) is 2. The first kappa shape index (κ1) is 24.0. The van der Waals surface area contributed by atoms with E-state index in [-0.39, 0.29) is 23.4 Å². The molecule has 1 aliphatic carbocycles. The summed E-state index contributed by atoms with van der Waals surface area (Å²) in [6, 6.07) is 3.05. The molecule has 2 aromatic heterocycles. The number of nitrogens with zero attached hydrogens (tertiary/aromatic N) is 3. The average molecular weight is 485 g/mol. The highest BCUT2D eigenvalue weighted by atomic mass is 16.6. The zero-order chi connectivity index (χ0) is 24.9. The highest BCUT2D eigenvalue weighted by Gasteiger charge is 2.22. The van der Waals surface area contributed by atoms with Gasteiger partial charge in [-0.05, 0) is 51.2 Å². The molecule has 12 nitrogen and oxygen atoms in total. The Morgan fingerprint density at radius 3 is 2.69 bits per heavy atom. The van der Waals surface area contributed by atoms with Crippen molar-refractivity contribution < 1.29 is 28.3 Å². The summed E-state index contributed by atoms with van der Waals surface area (Å²) in [6.45, 7) is 2.37. The molecule has 0 atom stereocenters. The molecule has 4 N–H and O–H groups in total. The van der Waals surface area contributed by atoms with Crippen molar-refractivity contribution in [3.8, 4) is 5.75 Å². The van der Waals surface area contributed by atoms with Crippen molar-refractivity contribution in [1.82, 2.24) is 19.9 Å². The minimum absolute atomic E-state index is 0.0160. The Balaban J connectivity index is 1.55. The maximum Gasteiger partial charge on any atom is 0.407 e. The average Bonchev–Trinajstić information content (AvgIpc) is 3.56. The Morgan fingerprint density at radius 2 is 2.03 bits per heavy atom. The maximum absolute atomic E-state index is 12.8. The molecule has 0 spiro atoms. The van der Waals surface area contributed by atoms with E-state index in [9.17, 15) is 14.4 Å². The van der Waals surface area contributed by atoms with Crippen molar-refractivity contribution in [3.05, 3.63) is 35.5 Å². The smallest absolute Gasteiger partial charge is 0.407 e. The quantitative estimate of drug-likeness (QED) is 0.390. The van der Waals surface area contributed by atoms with Crippen LogP contribution in [0.4, 0.5) is 10.7 Å². The van der Waals surface area contributed by atoms with Gasteiger partial charge in [0.25, 0.3) is 5.91 Å². The number of hydrogen-bond acceptors (Lipinski definition) is 8. The number of ether oxygens (including phenoxy) is 2. The molecule has 186 valence electrons. The molecule has 0 radical (unpaired) electrons. The Morgan fingerprint density at radius 1 is 1.26 bits per heavy atom. The van der Waals surface area contributed by atoms with Crippen LogP contribution in [-0.2, 0) is 11.3 Å². The van der Waals surface area contributed by atoms with E-state index < -0.39 is 17.9 Å². The number of imidazole rings is 1.